The molecule has 4 heterocycles. The molecule has 5 aromatic rings. The number of nitrogens with zero attached hydrogens (tertiary/aromatic N) is 7. The molecule has 0 bridgehead atoms. The van der Waals surface area contributed by atoms with E-state index in [9.17, 15) is 39.7 Å². The molecule has 2 aromatic heterocycles. The van der Waals surface area contributed by atoms with Gasteiger partial charge in [-0.05, 0) is 79.5 Å². The zero-order chi connectivity index (χ0) is 43.7. The maximum absolute atomic E-state index is 15.3. The smallest absolute Gasteiger partial charge is 0.301 e. The molecule has 61 heavy (non-hydrogen) atoms. The van der Waals surface area contributed by atoms with Gasteiger partial charge >= 0.3 is 11.4 Å². The van der Waals surface area contributed by atoms with Gasteiger partial charge in [0.05, 0.1) is 43.6 Å². The Morgan fingerprint density at radius 3 is 2.28 bits per heavy atom. The topological polar surface area (TPSA) is 202 Å². The zero-order valence-corrected chi connectivity index (χ0v) is 34.7. The number of phenolic OH excluding ortho intramolecular Hbond substituents is 1. The van der Waals surface area contributed by atoms with Crippen molar-refractivity contribution < 1.29 is 38.5 Å². The average Bonchev–Trinajstić information content (AvgIpc) is 3.88. The number of hydrogen-bond donors (Lipinski definition) is 1. The summed E-state index contributed by atoms with van der Waals surface area (Å²) in [7, 11) is 4.39. The molecule has 2 aliphatic heterocycles. The van der Waals surface area contributed by atoms with Crippen LogP contribution in [0.25, 0.3) is 20.7 Å². The van der Waals surface area contributed by atoms with Crippen molar-refractivity contribution in [1.29, 1.82) is 0 Å². The molecule has 6 atom stereocenters. The van der Waals surface area contributed by atoms with E-state index in [-0.39, 0.29) is 35.6 Å². The first-order valence-corrected chi connectivity index (χ1v) is 20.4. The minimum absolute atomic E-state index is 0.0218. The lowest BCUT2D eigenvalue weighted by Crippen LogP contribution is -2.49. The van der Waals surface area contributed by atoms with Crippen molar-refractivity contribution in [2.45, 2.75) is 32.6 Å². The van der Waals surface area contributed by atoms with E-state index in [0.717, 1.165) is 54.6 Å². The molecule has 0 radical (unpaired) electrons. The molecule has 2 saturated heterocycles. The number of phenols is 1. The van der Waals surface area contributed by atoms with Gasteiger partial charge in [-0.25, -0.2) is 14.2 Å². The van der Waals surface area contributed by atoms with Crippen molar-refractivity contribution in [2.24, 2.45) is 36.1 Å². The van der Waals surface area contributed by atoms with E-state index < -0.39 is 91.4 Å². The summed E-state index contributed by atoms with van der Waals surface area (Å²) in [6.45, 7) is 3.56. The van der Waals surface area contributed by atoms with E-state index in [1.807, 2.05) is 19.1 Å². The third kappa shape index (κ3) is 5.64. The quantitative estimate of drug-likeness (QED) is 0.0738. The lowest BCUT2D eigenvalue weighted by Gasteiger charge is -2.49. The van der Waals surface area contributed by atoms with Gasteiger partial charge in [-0.2, -0.15) is 5.10 Å². The molecule has 4 aliphatic rings. The molecule has 0 spiro atoms. The number of nitro benzene ring substituents is 2. The minimum Gasteiger partial charge on any atom is -0.505 e. The highest BCUT2D eigenvalue weighted by Gasteiger charge is 2.68. The highest BCUT2D eigenvalue weighted by molar-refractivity contribution is 7.22. The van der Waals surface area contributed by atoms with Crippen molar-refractivity contribution in [3.63, 3.8) is 0 Å². The Morgan fingerprint density at radius 1 is 0.951 bits per heavy atom. The molecule has 312 valence electrons. The van der Waals surface area contributed by atoms with Gasteiger partial charge in [0.2, 0.25) is 23.6 Å². The summed E-state index contributed by atoms with van der Waals surface area (Å²) in [5, 5.41) is 40.8. The van der Waals surface area contributed by atoms with Gasteiger partial charge in [0.25, 0.3) is 0 Å². The molecule has 1 N–H and O–H groups in total. The second-order valence-electron chi connectivity index (χ2n) is 16.3. The van der Waals surface area contributed by atoms with Gasteiger partial charge in [0.1, 0.15) is 11.5 Å². The van der Waals surface area contributed by atoms with Crippen LogP contribution in [0.2, 0.25) is 5.02 Å². The predicted molar refractivity (Wildman–Crippen MR) is 223 cm³/mol. The minimum atomic E-state index is -1.56. The van der Waals surface area contributed by atoms with Crippen LogP contribution in [0.1, 0.15) is 36.8 Å². The number of aromatic hydroxyl groups is 1. The number of halogens is 2. The van der Waals surface area contributed by atoms with Crippen LogP contribution in [-0.2, 0) is 26.2 Å². The fraction of sp³-hybridized carbons (Fsp3) is 0.310. The predicted octanol–water partition coefficient (Wildman–Crippen LogP) is 7.43. The number of benzene rings is 3. The lowest BCUT2D eigenvalue weighted by molar-refractivity contribution is -0.392. The number of imide groups is 2. The van der Waals surface area contributed by atoms with Crippen LogP contribution >= 0.6 is 22.9 Å². The average molecular weight is 868 g/mol. The van der Waals surface area contributed by atoms with Crippen LogP contribution in [0.3, 0.4) is 0 Å². The van der Waals surface area contributed by atoms with Gasteiger partial charge in [-0.1, -0.05) is 29.3 Å². The Labute approximate surface area is 354 Å². The number of amides is 4. The number of thiophene rings is 1. The fourth-order valence-electron chi connectivity index (χ4n) is 10.2. The van der Waals surface area contributed by atoms with Crippen molar-refractivity contribution in [3.05, 3.63) is 108 Å². The molecular weight excluding hydrogens is 833 g/mol. The van der Waals surface area contributed by atoms with Gasteiger partial charge in [0.15, 0.2) is 17.3 Å². The van der Waals surface area contributed by atoms with E-state index in [0.29, 0.717) is 16.3 Å². The Morgan fingerprint density at radius 2 is 1.64 bits per heavy atom. The van der Waals surface area contributed by atoms with E-state index in [1.54, 1.807) is 32.2 Å². The molecule has 6 unspecified atom stereocenters. The Kier molecular flexibility index (Phi) is 9.00. The molecule has 1 saturated carbocycles. The van der Waals surface area contributed by atoms with Gasteiger partial charge in [-0.3, -0.25) is 44.1 Å². The van der Waals surface area contributed by atoms with Crippen LogP contribution in [0, 0.1) is 62.1 Å². The summed E-state index contributed by atoms with van der Waals surface area (Å²) in [6.07, 6.45) is 1.64. The summed E-state index contributed by atoms with van der Waals surface area (Å²) in [6, 6.07) is 12.8. The first kappa shape index (κ1) is 39.9. The van der Waals surface area contributed by atoms with E-state index in [1.165, 1.54) is 41.1 Å². The standard InChI is InChI=1S/C42H35ClFN7O9S/c1-18-24-13-20(43)7-11-32(24)61-37(18)28-17-33(47(5)45-28)49-39(54)26-16-25-22(35(42(26,2)41(49)56)19-6-10-31(52)27(44)12-19)8-9-23-34(25)40(55)48(38(23)53)21-14-29(50(57)58)36(46(3)4)30(15-21)51(59)60/h6-8,10-15,17,23,25-26,34-35,52H,9,16H2,1-5H3. The van der Waals surface area contributed by atoms with Crippen LogP contribution in [0.15, 0.2) is 66.2 Å². The van der Waals surface area contributed by atoms with Gasteiger partial charge < -0.3 is 10.0 Å². The van der Waals surface area contributed by atoms with E-state index >= 15 is 9.18 Å². The fourth-order valence-corrected chi connectivity index (χ4v) is 11.6. The van der Waals surface area contributed by atoms with Crippen molar-refractivity contribution in [2.75, 3.05) is 28.8 Å². The third-order valence-electron chi connectivity index (χ3n) is 12.9. The van der Waals surface area contributed by atoms with Crippen LogP contribution < -0.4 is 14.7 Å². The monoisotopic (exact) mass is 867 g/mol. The molecule has 16 nitrogen and oxygen atoms in total. The van der Waals surface area contributed by atoms with Gasteiger partial charge in [0, 0.05) is 55.0 Å². The number of rotatable bonds is 7. The van der Waals surface area contributed by atoms with Crippen LogP contribution in [0.4, 0.5) is 33.0 Å². The SMILES string of the molecule is Cc1c(-c2cc(N3C(=O)C4CC5C(=CCC6C(=O)N(c7cc([N+](=O)[O-])c(N(C)C)c([N+](=O)[O-])c7)C(=O)C65)C(c5ccc(O)c(F)c5)C4(C)C3=O)n(C)n2)sc2ccc(Cl)cc12. The number of nitro groups is 2. The highest BCUT2D eigenvalue weighted by Crippen LogP contribution is 2.64. The van der Waals surface area contributed by atoms with Crippen LogP contribution in [0.5, 0.6) is 5.75 Å². The Balaban J connectivity index is 1.15. The molecule has 3 fully saturated rings. The number of aryl methyl sites for hydroxylation is 2. The largest absolute Gasteiger partial charge is 0.505 e. The molecule has 4 amide bonds. The highest BCUT2D eigenvalue weighted by atomic mass is 35.5. The Bertz CT molecular complexity index is 2860. The Hall–Kier alpha value is -6.53. The first-order chi connectivity index (χ1) is 28.8. The van der Waals surface area contributed by atoms with Gasteiger partial charge in [-0.15, -0.1) is 11.3 Å². The second-order valence-corrected chi connectivity index (χ2v) is 17.8. The lowest BCUT2D eigenvalue weighted by atomic mass is 9.51. The molecule has 9 rings (SSSR count). The number of anilines is 3. The number of carbonyl (C=O) groups excluding carboxylic acids is 4. The maximum atomic E-state index is 15.3. The number of aromatic nitrogens is 2. The zero-order valence-electron chi connectivity index (χ0n) is 33.1. The summed E-state index contributed by atoms with van der Waals surface area (Å²) < 4.78 is 17.7. The molecule has 2 aliphatic carbocycles. The summed E-state index contributed by atoms with van der Waals surface area (Å²) in [4.78, 5) is 85.5. The number of carbonyl (C=O) groups is 4. The number of hydrogen-bond acceptors (Lipinski definition) is 12. The van der Waals surface area contributed by atoms with E-state index in [4.69, 9.17) is 16.7 Å². The number of allylic oxidation sites excluding steroid dienone is 2. The normalized spacial score (nSPS) is 24.6. The first-order valence-electron chi connectivity index (χ1n) is 19.2. The second kappa shape index (κ2) is 13.8. The third-order valence-corrected chi connectivity index (χ3v) is 14.5. The summed E-state index contributed by atoms with van der Waals surface area (Å²) in [5.74, 6) is -9.26. The molecule has 19 heteroatoms. The van der Waals surface area contributed by atoms with Crippen molar-refractivity contribution in [3.8, 4) is 16.3 Å². The summed E-state index contributed by atoms with van der Waals surface area (Å²) in [5.41, 5.74) is -1.42. The van der Waals surface area contributed by atoms with E-state index in [2.05, 4.69) is 0 Å². The number of fused-ring (bicyclic) bond motifs is 5. The summed E-state index contributed by atoms with van der Waals surface area (Å²) >= 11 is 7.77. The van der Waals surface area contributed by atoms with Crippen molar-refractivity contribution >= 4 is 85.2 Å². The molecular formula is C42H35ClFN7O9S. The van der Waals surface area contributed by atoms with Crippen molar-refractivity contribution in [1.82, 2.24) is 9.78 Å². The van der Waals surface area contributed by atoms with Crippen LogP contribution in [-0.4, -0.2) is 62.5 Å². The maximum Gasteiger partial charge on any atom is 0.301 e. The molecule has 3 aromatic carbocycles.